The molecule has 1 aromatic heterocycles. The van der Waals surface area contributed by atoms with Crippen molar-refractivity contribution in [1.29, 1.82) is 0 Å². The van der Waals surface area contributed by atoms with E-state index in [0.29, 0.717) is 35.8 Å². The molecule has 0 aliphatic heterocycles. The summed E-state index contributed by atoms with van der Waals surface area (Å²) in [5.41, 5.74) is 3.48. The number of hydrogen-bond donors (Lipinski definition) is 1. The van der Waals surface area contributed by atoms with E-state index in [1.165, 1.54) is 6.07 Å². The van der Waals surface area contributed by atoms with Crippen LogP contribution in [0, 0.1) is 11.6 Å². The van der Waals surface area contributed by atoms with Gasteiger partial charge in [0.05, 0.1) is 19.9 Å². The minimum absolute atomic E-state index is 0.278. The SMILES string of the molecule is COc1ccc(CCNC(=O)c2nn(-c3ccc(F)c(F)c3)c3c2CCC3)cc1OC. The van der Waals surface area contributed by atoms with Crippen LogP contribution in [0.5, 0.6) is 11.5 Å². The quantitative estimate of drug-likeness (QED) is 0.626. The number of methoxy groups -OCH3 is 2. The first-order valence-corrected chi connectivity index (χ1v) is 10.1. The molecule has 6 nitrogen and oxygen atoms in total. The fourth-order valence-corrected chi connectivity index (χ4v) is 3.89. The molecule has 2 aromatic carbocycles. The van der Waals surface area contributed by atoms with Crippen LogP contribution in [-0.4, -0.2) is 36.5 Å². The Morgan fingerprint density at radius 1 is 1.06 bits per heavy atom. The summed E-state index contributed by atoms with van der Waals surface area (Å²) in [4.78, 5) is 12.8. The van der Waals surface area contributed by atoms with Crippen LogP contribution in [0.3, 0.4) is 0 Å². The van der Waals surface area contributed by atoms with Crippen LogP contribution in [0.1, 0.15) is 33.7 Å². The second-order valence-electron chi connectivity index (χ2n) is 7.33. The van der Waals surface area contributed by atoms with E-state index in [4.69, 9.17) is 9.47 Å². The average molecular weight is 427 g/mol. The number of fused-ring (bicyclic) bond motifs is 1. The van der Waals surface area contributed by atoms with Crippen molar-refractivity contribution in [3.05, 3.63) is 70.5 Å². The molecule has 4 rings (SSSR count). The zero-order valence-corrected chi connectivity index (χ0v) is 17.4. The highest BCUT2D eigenvalue weighted by Gasteiger charge is 2.27. The molecule has 1 aliphatic carbocycles. The number of nitrogens with zero attached hydrogens (tertiary/aromatic N) is 2. The largest absolute Gasteiger partial charge is 0.493 e. The molecule has 31 heavy (non-hydrogen) atoms. The smallest absolute Gasteiger partial charge is 0.272 e. The van der Waals surface area contributed by atoms with Gasteiger partial charge < -0.3 is 14.8 Å². The zero-order chi connectivity index (χ0) is 22.0. The van der Waals surface area contributed by atoms with E-state index in [-0.39, 0.29) is 5.91 Å². The molecular weight excluding hydrogens is 404 g/mol. The number of ether oxygens (including phenoxy) is 2. The number of nitrogens with one attached hydrogen (secondary N) is 1. The van der Waals surface area contributed by atoms with Crippen LogP contribution in [0.2, 0.25) is 0 Å². The standard InChI is InChI=1S/C23H23F2N3O3/c1-30-20-9-6-14(12-21(20)31-2)10-11-26-23(29)22-16-4-3-5-19(16)28(27-22)15-7-8-17(24)18(25)13-15/h6-9,12-13H,3-5,10-11H2,1-2H3,(H,26,29). The Hall–Kier alpha value is -3.42. The van der Waals surface area contributed by atoms with Gasteiger partial charge in [0.1, 0.15) is 0 Å². The summed E-state index contributed by atoms with van der Waals surface area (Å²) in [5, 5.41) is 7.34. The van der Waals surface area contributed by atoms with Crippen LogP contribution >= 0.6 is 0 Å². The Morgan fingerprint density at radius 2 is 1.87 bits per heavy atom. The molecule has 0 spiro atoms. The Morgan fingerprint density at radius 3 is 2.61 bits per heavy atom. The highest BCUT2D eigenvalue weighted by molar-refractivity contribution is 5.94. The van der Waals surface area contributed by atoms with Crippen molar-refractivity contribution in [2.75, 3.05) is 20.8 Å². The van der Waals surface area contributed by atoms with Crippen LogP contribution in [-0.2, 0) is 19.3 Å². The first kappa shape index (κ1) is 20.8. The predicted octanol–water partition coefficient (Wildman–Crippen LogP) is 3.63. The molecule has 0 radical (unpaired) electrons. The Kier molecular flexibility index (Phi) is 5.88. The van der Waals surface area contributed by atoms with E-state index >= 15 is 0 Å². The molecule has 0 fully saturated rings. The molecule has 1 amide bonds. The van der Waals surface area contributed by atoms with Gasteiger partial charge in [-0.25, -0.2) is 13.5 Å². The average Bonchev–Trinajstić information content (AvgIpc) is 3.38. The monoisotopic (exact) mass is 427 g/mol. The van der Waals surface area contributed by atoms with Gasteiger partial charge in [-0.3, -0.25) is 4.79 Å². The maximum Gasteiger partial charge on any atom is 0.272 e. The number of halogens is 2. The molecule has 0 unspecified atom stereocenters. The van der Waals surface area contributed by atoms with E-state index < -0.39 is 11.6 Å². The highest BCUT2D eigenvalue weighted by atomic mass is 19.2. The minimum Gasteiger partial charge on any atom is -0.493 e. The van der Waals surface area contributed by atoms with Gasteiger partial charge in [-0.2, -0.15) is 5.10 Å². The van der Waals surface area contributed by atoms with Gasteiger partial charge in [-0.1, -0.05) is 6.07 Å². The molecule has 162 valence electrons. The molecule has 8 heteroatoms. The van der Waals surface area contributed by atoms with Gasteiger partial charge in [0.15, 0.2) is 28.8 Å². The van der Waals surface area contributed by atoms with Crippen molar-refractivity contribution in [3.63, 3.8) is 0 Å². The summed E-state index contributed by atoms with van der Waals surface area (Å²) in [6.45, 7) is 0.418. The van der Waals surface area contributed by atoms with Crippen LogP contribution in [0.15, 0.2) is 36.4 Å². The number of amides is 1. The molecule has 0 bridgehead atoms. The number of hydrogen-bond acceptors (Lipinski definition) is 4. The van der Waals surface area contributed by atoms with Gasteiger partial charge in [-0.15, -0.1) is 0 Å². The van der Waals surface area contributed by atoms with Crippen molar-refractivity contribution < 1.29 is 23.0 Å². The zero-order valence-electron chi connectivity index (χ0n) is 17.4. The highest BCUT2D eigenvalue weighted by Crippen LogP contribution is 2.29. The molecule has 1 heterocycles. The second kappa shape index (κ2) is 8.75. The van der Waals surface area contributed by atoms with Gasteiger partial charge in [0.25, 0.3) is 5.91 Å². The van der Waals surface area contributed by atoms with Gasteiger partial charge >= 0.3 is 0 Å². The lowest BCUT2D eigenvalue weighted by molar-refractivity contribution is 0.0948. The third kappa shape index (κ3) is 4.10. The normalized spacial score (nSPS) is 12.5. The number of carbonyl (C=O) groups excluding carboxylic acids is 1. The lowest BCUT2D eigenvalue weighted by Gasteiger charge is -2.10. The Labute approximate surface area is 178 Å². The second-order valence-corrected chi connectivity index (χ2v) is 7.33. The van der Waals surface area contributed by atoms with Crippen LogP contribution < -0.4 is 14.8 Å². The number of rotatable bonds is 7. The van der Waals surface area contributed by atoms with Crippen LogP contribution in [0.4, 0.5) is 8.78 Å². The first-order chi connectivity index (χ1) is 15.0. The van der Waals surface area contributed by atoms with Crippen molar-refractivity contribution in [2.24, 2.45) is 0 Å². The fraction of sp³-hybridized carbons (Fsp3) is 0.304. The molecule has 1 aliphatic rings. The lowest BCUT2D eigenvalue weighted by atomic mass is 10.1. The summed E-state index contributed by atoms with van der Waals surface area (Å²) in [5.74, 6) is -0.857. The van der Waals surface area contributed by atoms with Gasteiger partial charge in [0.2, 0.25) is 0 Å². The van der Waals surface area contributed by atoms with Crippen molar-refractivity contribution in [3.8, 4) is 17.2 Å². The molecular formula is C23H23F2N3O3. The maximum atomic E-state index is 13.7. The molecule has 1 N–H and O–H groups in total. The number of aromatic nitrogens is 2. The van der Waals surface area contributed by atoms with E-state index in [0.717, 1.165) is 48.2 Å². The number of benzene rings is 2. The topological polar surface area (TPSA) is 65.4 Å². The van der Waals surface area contributed by atoms with E-state index in [9.17, 15) is 13.6 Å². The molecule has 0 saturated carbocycles. The lowest BCUT2D eigenvalue weighted by Crippen LogP contribution is -2.27. The molecule has 3 aromatic rings. The summed E-state index contributed by atoms with van der Waals surface area (Å²) < 4.78 is 39.1. The van der Waals surface area contributed by atoms with Gasteiger partial charge in [0, 0.05) is 23.9 Å². The van der Waals surface area contributed by atoms with Crippen LogP contribution in [0.25, 0.3) is 5.69 Å². The third-order valence-corrected chi connectivity index (χ3v) is 5.44. The van der Waals surface area contributed by atoms with Crippen molar-refractivity contribution in [1.82, 2.24) is 15.1 Å². The summed E-state index contributed by atoms with van der Waals surface area (Å²) in [6.07, 6.45) is 2.97. The van der Waals surface area contributed by atoms with E-state index in [2.05, 4.69) is 10.4 Å². The predicted molar refractivity (Wildman–Crippen MR) is 111 cm³/mol. The van der Waals surface area contributed by atoms with E-state index in [1.54, 1.807) is 18.9 Å². The van der Waals surface area contributed by atoms with Crippen molar-refractivity contribution >= 4 is 5.91 Å². The Balaban J connectivity index is 1.49. The summed E-state index contributed by atoms with van der Waals surface area (Å²) >= 11 is 0. The molecule has 0 atom stereocenters. The van der Waals surface area contributed by atoms with Crippen molar-refractivity contribution in [2.45, 2.75) is 25.7 Å². The third-order valence-electron chi connectivity index (χ3n) is 5.44. The summed E-state index contributed by atoms with van der Waals surface area (Å²) in [6, 6.07) is 9.24. The van der Waals surface area contributed by atoms with Gasteiger partial charge in [-0.05, 0) is 55.5 Å². The maximum absolute atomic E-state index is 13.7. The Bertz CT molecular complexity index is 1130. The fourth-order valence-electron chi connectivity index (χ4n) is 3.89. The minimum atomic E-state index is -0.944. The summed E-state index contributed by atoms with van der Waals surface area (Å²) in [7, 11) is 3.16. The number of carbonyl (C=O) groups is 1. The van der Waals surface area contributed by atoms with E-state index in [1.807, 2.05) is 18.2 Å². The molecule has 0 saturated heterocycles. The first-order valence-electron chi connectivity index (χ1n) is 10.1.